The van der Waals surface area contributed by atoms with Gasteiger partial charge in [0.25, 0.3) is 0 Å². The van der Waals surface area contributed by atoms with Crippen molar-refractivity contribution < 1.29 is 9.53 Å². The smallest absolute Gasteiger partial charge is 0.352 e. The largest absolute Gasteiger partial charge is 0.472 e. The third kappa shape index (κ3) is 3.30. The van der Waals surface area contributed by atoms with E-state index in [9.17, 15) is 4.79 Å². The molecule has 0 radical (unpaired) electrons. The van der Waals surface area contributed by atoms with E-state index in [1.807, 2.05) is 19.1 Å². The van der Waals surface area contributed by atoms with Crippen LogP contribution in [0.1, 0.15) is 11.1 Å². The lowest BCUT2D eigenvalue weighted by atomic mass is 10.1. The van der Waals surface area contributed by atoms with Crippen molar-refractivity contribution in [2.45, 2.75) is 13.5 Å². The van der Waals surface area contributed by atoms with Crippen LogP contribution in [-0.2, 0) is 6.61 Å². The molecule has 0 atom stereocenters. The quantitative estimate of drug-likeness (QED) is 0.440. The number of nitrogens with two attached hydrogens (primary N) is 2. The fraction of sp³-hybridized carbons (Fsp3) is 0.231. The Bertz CT molecular complexity index is 611. The number of hydrazine groups is 2. The first-order valence-corrected chi connectivity index (χ1v) is 6.29. The van der Waals surface area contributed by atoms with Crippen LogP contribution in [0.3, 0.4) is 0 Å². The molecule has 8 nitrogen and oxygen atoms in total. The minimum absolute atomic E-state index is 0.238. The predicted octanol–water partition coefficient (Wildman–Crippen LogP) is 0.903. The van der Waals surface area contributed by atoms with Crippen molar-refractivity contribution in [3.05, 3.63) is 41.6 Å². The first-order chi connectivity index (χ1) is 10.0. The molecule has 1 heterocycles. The number of urea groups is 1. The van der Waals surface area contributed by atoms with E-state index in [4.69, 9.17) is 16.4 Å². The van der Waals surface area contributed by atoms with E-state index in [0.717, 1.165) is 21.1 Å². The summed E-state index contributed by atoms with van der Waals surface area (Å²) in [6.45, 7) is 2.15. The van der Waals surface area contributed by atoms with Crippen LogP contribution in [0.15, 0.2) is 30.5 Å². The zero-order valence-electron chi connectivity index (χ0n) is 11.9. The molecule has 2 amide bonds. The molecule has 0 aliphatic carbocycles. The summed E-state index contributed by atoms with van der Waals surface area (Å²) in [4.78, 5) is 11.9. The average molecular weight is 290 g/mol. The third-order valence-corrected chi connectivity index (χ3v) is 2.99. The summed E-state index contributed by atoms with van der Waals surface area (Å²) in [6.07, 6.45) is 1.66. The topological polar surface area (TPSA) is 114 Å². The number of anilines is 1. The van der Waals surface area contributed by atoms with Gasteiger partial charge in [0.05, 0.1) is 5.69 Å². The second kappa shape index (κ2) is 6.25. The van der Waals surface area contributed by atoms with E-state index in [-0.39, 0.29) is 6.61 Å². The third-order valence-electron chi connectivity index (χ3n) is 2.99. The lowest BCUT2D eigenvalue weighted by Gasteiger charge is -2.24. The summed E-state index contributed by atoms with van der Waals surface area (Å²) < 4.78 is 5.56. The van der Waals surface area contributed by atoms with Crippen LogP contribution in [0.25, 0.3) is 0 Å². The van der Waals surface area contributed by atoms with Gasteiger partial charge in [-0.3, -0.25) is 10.1 Å². The Morgan fingerprint density at radius 3 is 2.76 bits per heavy atom. The number of carbonyl (C=O) groups excluding carboxylic acids is 1. The van der Waals surface area contributed by atoms with Gasteiger partial charge in [0, 0.05) is 24.9 Å². The number of aromatic nitrogens is 2. The second-order valence-electron chi connectivity index (χ2n) is 4.54. The predicted molar refractivity (Wildman–Crippen MR) is 78.1 cm³/mol. The molecule has 0 saturated heterocycles. The highest BCUT2D eigenvalue weighted by atomic mass is 16.5. The molecule has 0 spiro atoms. The molecular formula is C13H18N6O2. The van der Waals surface area contributed by atoms with Crippen LogP contribution < -0.4 is 21.4 Å². The number of hydrogen-bond acceptors (Lipinski definition) is 5. The molecule has 0 bridgehead atoms. The lowest BCUT2D eigenvalue weighted by molar-refractivity contribution is 0.216. The van der Waals surface area contributed by atoms with E-state index in [0.29, 0.717) is 11.6 Å². The van der Waals surface area contributed by atoms with Gasteiger partial charge < -0.3 is 4.74 Å². The molecule has 1 aromatic carbocycles. The Morgan fingerprint density at radius 1 is 1.38 bits per heavy atom. The van der Waals surface area contributed by atoms with E-state index in [1.54, 1.807) is 18.3 Å². The fourth-order valence-corrected chi connectivity index (χ4v) is 1.85. The Morgan fingerprint density at radius 2 is 2.14 bits per heavy atom. The van der Waals surface area contributed by atoms with Crippen molar-refractivity contribution in [3.8, 4) is 5.88 Å². The van der Waals surface area contributed by atoms with Crippen molar-refractivity contribution in [2.75, 3.05) is 12.1 Å². The highest BCUT2D eigenvalue weighted by Gasteiger charge is 2.19. The Hall–Kier alpha value is -2.58. The van der Waals surface area contributed by atoms with Crippen LogP contribution in [0.5, 0.6) is 5.88 Å². The van der Waals surface area contributed by atoms with Crippen LogP contribution in [0.4, 0.5) is 10.5 Å². The lowest BCUT2D eigenvalue weighted by Crippen LogP contribution is -2.49. The maximum absolute atomic E-state index is 11.9. The summed E-state index contributed by atoms with van der Waals surface area (Å²) in [5.74, 6) is 11.7. The van der Waals surface area contributed by atoms with Gasteiger partial charge in [-0.05, 0) is 18.6 Å². The molecule has 0 aliphatic heterocycles. The number of amides is 2. The van der Waals surface area contributed by atoms with Gasteiger partial charge in [0.15, 0.2) is 0 Å². The molecule has 112 valence electrons. The molecule has 21 heavy (non-hydrogen) atoms. The van der Waals surface area contributed by atoms with Gasteiger partial charge in [0.1, 0.15) is 6.61 Å². The van der Waals surface area contributed by atoms with Gasteiger partial charge in [-0.15, -0.1) is 5.10 Å². The SMILES string of the molecule is Cc1cccc(N(N)C(=O)N(C)N)c1COc1cc[nH]n1. The number of nitrogens with zero attached hydrogens (tertiary/aromatic N) is 3. The van der Waals surface area contributed by atoms with Crippen molar-refractivity contribution in [1.82, 2.24) is 15.2 Å². The van der Waals surface area contributed by atoms with Crippen LogP contribution in [-0.4, -0.2) is 28.3 Å². The number of aromatic amines is 1. The highest BCUT2D eigenvalue weighted by molar-refractivity contribution is 5.91. The van der Waals surface area contributed by atoms with Crippen molar-refractivity contribution in [2.24, 2.45) is 11.7 Å². The zero-order chi connectivity index (χ0) is 15.4. The van der Waals surface area contributed by atoms with Crippen LogP contribution >= 0.6 is 0 Å². The number of rotatable bonds is 4. The van der Waals surface area contributed by atoms with Gasteiger partial charge in [-0.1, -0.05) is 12.1 Å². The van der Waals surface area contributed by atoms with E-state index >= 15 is 0 Å². The van der Waals surface area contributed by atoms with Crippen molar-refractivity contribution >= 4 is 11.7 Å². The number of aryl methyl sites for hydroxylation is 1. The number of ether oxygens (including phenoxy) is 1. The normalized spacial score (nSPS) is 10.3. The molecule has 5 N–H and O–H groups in total. The van der Waals surface area contributed by atoms with Gasteiger partial charge in [0.2, 0.25) is 5.88 Å². The number of carbonyl (C=O) groups is 1. The molecular weight excluding hydrogens is 272 g/mol. The Kier molecular flexibility index (Phi) is 4.41. The minimum atomic E-state index is -0.526. The number of hydrogen-bond donors (Lipinski definition) is 3. The first-order valence-electron chi connectivity index (χ1n) is 6.29. The molecule has 2 aromatic rings. The molecule has 2 rings (SSSR count). The van der Waals surface area contributed by atoms with Gasteiger partial charge >= 0.3 is 6.03 Å². The average Bonchev–Trinajstić information content (AvgIpc) is 2.97. The number of H-pyrrole nitrogens is 1. The molecule has 0 unspecified atom stereocenters. The van der Waals surface area contributed by atoms with Crippen molar-refractivity contribution in [1.29, 1.82) is 0 Å². The fourth-order valence-electron chi connectivity index (χ4n) is 1.85. The number of benzene rings is 1. The van der Waals surface area contributed by atoms with Crippen LogP contribution in [0, 0.1) is 6.92 Å². The molecule has 8 heteroatoms. The van der Waals surface area contributed by atoms with E-state index in [1.165, 1.54) is 7.05 Å². The van der Waals surface area contributed by atoms with Crippen molar-refractivity contribution in [3.63, 3.8) is 0 Å². The maximum Gasteiger partial charge on any atom is 0.352 e. The van der Waals surface area contributed by atoms with Gasteiger partial charge in [-0.25, -0.2) is 21.5 Å². The van der Waals surface area contributed by atoms with Crippen LogP contribution in [0.2, 0.25) is 0 Å². The summed E-state index contributed by atoms with van der Waals surface area (Å²) >= 11 is 0. The highest BCUT2D eigenvalue weighted by Crippen LogP contribution is 2.24. The minimum Gasteiger partial charge on any atom is -0.472 e. The monoisotopic (exact) mass is 290 g/mol. The molecule has 0 saturated carbocycles. The zero-order valence-corrected chi connectivity index (χ0v) is 11.9. The number of nitrogens with one attached hydrogen (secondary N) is 1. The molecule has 1 aromatic heterocycles. The first kappa shape index (κ1) is 14.8. The van der Waals surface area contributed by atoms with E-state index in [2.05, 4.69) is 10.2 Å². The maximum atomic E-state index is 11.9. The van der Waals surface area contributed by atoms with E-state index < -0.39 is 6.03 Å². The molecule has 0 aliphatic rings. The summed E-state index contributed by atoms with van der Waals surface area (Å²) in [7, 11) is 1.43. The summed E-state index contributed by atoms with van der Waals surface area (Å²) in [6, 6.07) is 6.64. The Labute approximate surface area is 122 Å². The molecule has 0 fully saturated rings. The second-order valence-corrected chi connectivity index (χ2v) is 4.54. The Balaban J connectivity index is 2.25. The summed E-state index contributed by atoms with van der Waals surface area (Å²) in [5, 5.41) is 8.49. The van der Waals surface area contributed by atoms with Gasteiger partial charge in [-0.2, -0.15) is 0 Å². The summed E-state index contributed by atoms with van der Waals surface area (Å²) in [5.41, 5.74) is 2.27. The standard InChI is InChI=1S/C13H18N6O2/c1-9-4-3-5-11(19(15)13(20)18(2)14)10(9)8-21-12-6-7-16-17-12/h3-7H,8,14-15H2,1-2H3,(H,16,17).